The van der Waals surface area contributed by atoms with Crippen LogP contribution in [0.2, 0.25) is 0 Å². The standard InChI is InChI=1S/C11H21N3O2.ClH/c1-8(2)10(15)13-4-6-14(7-5-13)11(16)9(3)12;/h8-9H,4-7,12H2,1-3H3;1H. The molecule has 0 aliphatic carbocycles. The van der Waals surface area contributed by atoms with Crippen LogP contribution < -0.4 is 5.73 Å². The van der Waals surface area contributed by atoms with Crippen LogP contribution in [0, 0.1) is 5.92 Å². The van der Waals surface area contributed by atoms with E-state index in [4.69, 9.17) is 5.73 Å². The maximum absolute atomic E-state index is 11.7. The van der Waals surface area contributed by atoms with E-state index < -0.39 is 6.04 Å². The van der Waals surface area contributed by atoms with E-state index in [-0.39, 0.29) is 30.1 Å². The molecule has 1 saturated heterocycles. The molecule has 1 atom stereocenters. The number of halogens is 1. The molecule has 0 bridgehead atoms. The number of carbonyl (C=O) groups excluding carboxylic acids is 2. The number of piperazine rings is 1. The summed E-state index contributed by atoms with van der Waals surface area (Å²) in [5.74, 6) is 0.153. The second kappa shape index (κ2) is 6.81. The topological polar surface area (TPSA) is 66.6 Å². The maximum Gasteiger partial charge on any atom is 0.239 e. The minimum Gasteiger partial charge on any atom is -0.339 e. The summed E-state index contributed by atoms with van der Waals surface area (Å²) in [4.78, 5) is 26.9. The Morgan fingerprint density at radius 3 is 1.59 bits per heavy atom. The fraction of sp³-hybridized carbons (Fsp3) is 0.818. The molecule has 5 nitrogen and oxygen atoms in total. The molecule has 1 aliphatic rings. The van der Waals surface area contributed by atoms with E-state index in [0.717, 1.165) is 0 Å². The zero-order valence-corrected chi connectivity index (χ0v) is 11.5. The van der Waals surface area contributed by atoms with E-state index >= 15 is 0 Å². The van der Waals surface area contributed by atoms with E-state index in [9.17, 15) is 9.59 Å². The third kappa shape index (κ3) is 4.16. The van der Waals surface area contributed by atoms with Crippen LogP contribution in [-0.2, 0) is 9.59 Å². The summed E-state index contributed by atoms with van der Waals surface area (Å²) in [5, 5.41) is 0. The van der Waals surface area contributed by atoms with Gasteiger partial charge in [-0.05, 0) is 6.92 Å². The Morgan fingerprint density at radius 2 is 1.29 bits per heavy atom. The molecule has 2 N–H and O–H groups in total. The molecule has 0 aromatic heterocycles. The fourth-order valence-electron chi connectivity index (χ4n) is 1.80. The molecule has 1 heterocycles. The number of hydrogen-bond donors (Lipinski definition) is 1. The van der Waals surface area contributed by atoms with Crippen molar-refractivity contribution in [3.63, 3.8) is 0 Å². The Morgan fingerprint density at radius 1 is 0.941 bits per heavy atom. The summed E-state index contributed by atoms with van der Waals surface area (Å²) >= 11 is 0. The van der Waals surface area contributed by atoms with E-state index in [1.54, 1.807) is 11.8 Å². The van der Waals surface area contributed by atoms with Gasteiger partial charge in [0.25, 0.3) is 0 Å². The Labute approximate surface area is 109 Å². The highest BCUT2D eigenvalue weighted by atomic mass is 35.5. The van der Waals surface area contributed by atoms with Crippen molar-refractivity contribution >= 4 is 24.2 Å². The van der Waals surface area contributed by atoms with Crippen LogP contribution in [0.3, 0.4) is 0 Å². The third-order valence-electron chi connectivity index (χ3n) is 2.79. The number of amides is 2. The van der Waals surface area contributed by atoms with E-state index in [0.29, 0.717) is 26.2 Å². The van der Waals surface area contributed by atoms with Crippen LogP contribution in [0.25, 0.3) is 0 Å². The molecular formula is C11H22ClN3O2. The molecule has 1 fully saturated rings. The fourth-order valence-corrected chi connectivity index (χ4v) is 1.80. The van der Waals surface area contributed by atoms with Crippen LogP contribution in [0.5, 0.6) is 0 Å². The minimum atomic E-state index is -0.452. The van der Waals surface area contributed by atoms with Crippen molar-refractivity contribution in [3.05, 3.63) is 0 Å². The van der Waals surface area contributed by atoms with Crippen LogP contribution in [0.1, 0.15) is 20.8 Å². The molecule has 6 heteroatoms. The Bertz CT molecular complexity index is 246. The van der Waals surface area contributed by atoms with Crippen molar-refractivity contribution in [2.24, 2.45) is 11.7 Å². The van der Waals surface area contributed by atoms with Crippen molar-refractivity contribution in [1.82, 2.24) is 9.80 Å². The van der Waals surface area contributed by atoms with Gasteiger partial charge in [0.2, 0.25) is 11.8 Å². The smallest absolute Gasteiger partial charge is 0.239 e. The molecule has 1 unspecified atom stereocenters. The monoisotopic (exact) mass is 263 g/mol. The summed E-state index contributed by atoms with van der Waals surface area (Å²) in [6, 6.07) is -0.452. The number of carbonyl (C=O) groups is 2. The average Bonchev–Trinajstić information content (AvgIpc) is 2.27. The predicted octanol–water partition coefficient (Wildman–Crippen LogP) is 0.0822. The van der Waals surface area contributed by atoms with Crippen molar-refractivity contribution in [2.75, 3.05) is 26.2 Å². The molecule has 17 heavy (non-hydrogen) atoms. The molecule has 1 aliphatic heterocycles. The molecule has 1 rings (SSSR count). The largest absolute Gasteiger partial charge is 0.339 e. The molecule has 0 spiro atoms. The Balaban J connectivity index is 0.00000256. The van der Waals surface area contributed by atoms with Gasteiger partial charge in [-0.25, -0.2) is 0 Å². The first-order valence-electron chi connectivity index (χ1n) is 5.76. The summed E-state index contributed by atoms with van der Waals surface area (Å²) in [5.41, 5.74) is 5.54. The van der Waals surface area contributed by atoms with Crippen LogP contribution >= 0.6 is 12.4 Å². The Hall–Kier alpha value is -0.810. The summed E-state index contributed by atoms with van der Waals surface area (Å²) in [6.07, 6.45) is 0. The number of rotatable bonds is 2. The van der Waals surface area contributed by atoms with Crippen LogP contribution in [0.15, 0.2) is 0 Å². The lowest BCUT2D eigenvalue weighted by atomic mass is 10.1. The minimum absolute atomic E-state index is 0. The van der Waals surface area contributed by atoms with Gasteiger partial charge in [-0.3, -0.25) is 9.59 Å². The zero-order chi connectivity index (χ0) is 12.3. The van der Waals surface area contributed by atoms with Crippen molar-refractivity contribution in [1.29, 1.82) is 0 Å². The van der Waals surface area contributed by atoms with Gasteiger partial charge >= 0.3 is 0 Å². The second-order valence-corrected chi connectivity index (χ2v) is 4.59. The molecule has 0 aromatic carbocycles. The zero-order valence-electron chi connectivity index (χ0n) is 10.7. The van der Waals surface area contributed by atoms with Crippen molar-refractivity contribution in [3.8, 4) is 0 Å². The molecule has 0 saturated carbocycles. The highest BCUT2D eigenvalue weighted by Gasteiger charge is 2.26. The lowest BCUT2D eigenvalue weighted by Crippen LogP contribution is -2.54. The van der Waals surface area contributed by atoms with Crippen LogP contribution in [0.4, 0.5) is 0 Å². The van der Waals surface area contributed by atoms with Gasteiger partial charge in [-0.1, -0.05) is 13.8 Å². The first kappa shape index (κ1) is 16.2. The summed E-state index contributed by atoms with van der Waals surface area (Å²) < 4.78 is 0. The Kier molecular flexibility index (Phi) is 6.49. The second-order valence-electron chi connectivity index (χ2n) is 4.59. The highest BCUT2D eigenvalue weighted by molar-refractivity contribution is 5.85. The lowest BCUT2D eigenvalue weighted by Gasteiger charge is -2.36. The van der Waals surface area contributed by atoms with Gasteiger partial charge in [0.1, 0.15) is 0 Å². The van der Waals surface area contributed by atoms with Gasteiger partial charge < -0.3 is 15.5 Å². The summed E-state index contributed by atoms with van der Waals surface area (Å²) in [7, 11) is 0. The predicted molar refractivity (Wildman–Crippen MR) is 68.9 cm³/mol. The number of nitrogens with two attached hydrogens (primary N) is 1. The quantitative estimate of drug-likeness (QED) is 0.767. The van der Waals surface area contributed by atoms with Crippen molar-refractivity contribution < 1.29 is 9.59 Å². The molecule has 100 valence electrons. The van der Waals surface area contributed by atoms with Gasteiger partial charge in [0, 0.05) is 32.1 Å². The number of nitrogens with zero attached hydrogens (tertiary/aromatic N) is 2. The van der Waals surface area contributed by atoms with E-state index in [1.165, 1.54) is 0 Å². The van der Waals surface area contributed by atoms with Crippen LogP contribution in [-0.4, -0.2) is 53.8 Å². The van der Waals surface area contributed by atoms with Gasteiger partial charge in [0.15, 0.2) is 0 Å². The SMILES string of the molecule is CC(C)C(=O)N1CCN(C(=O)C(C)N)CC1.Cl. The molecular weight excluding hydrogens is 242 g/mol. The normalized spacial score (nSPS) is 17.7. The van der Waals surface area contributed by atoms with E-state index in [2.05, 4.69) is 0 Å². The highest BCUT2D eigenvalue weighted by Crippen LogP contribution is 2.07. The van der Waals surface area contributed by atoms with Gasteiger partial charge in [-0.15, -0.1) is 12.4 Å². The average molecular weight is 264 g/mol. The lowest BCUT2D eigenvalue weighted by molar-refractivity contribution is -0.141. The third-order valence-corrected chi connectivity index (χ3v) is 2.79. The summed E-state index contributed by atoms with van der Waals surface area (Å²) in [6.45, 7) is 7.90. The molecule has 0 radical (unpaired) electrons. The van der Waals surface area contributed by atoms with E-state index in [1.807, 2.05) is 18.7 Å². The molecule has 2 amide bonds. The first-order valence-corrected chi connectivity index (χ1v) is 5.76. The first-order chi connectivity index (χ1) is 7.43. The number of hydrogen-bond acceptors (Lipinski definition) is 3. The molecule has 0 aromatic rings. The van der Waals surface area contributed by atoms with Gasteiger partial charge in [-0.2, -0.15) is 0 Å². The van der Waals surface area contributed by atoms with Crippen molar-refractivity contribution in [2.45, 2.75) is 26.8 Å². The van der Waals surface area contributed by atoms with Gasteiger partial charge in [0.05, 0.1) is 6.04 Å². The maximum atomic E-state index is 11.7.